The second-order valence-corrected chi connectivity index (χ2v) is 4.77. The number of imide groups is 1. The second-order valence-electron chi connectivity index (χ2n) is 4.77. The fourth-order valence-corrected chi connectivity index (χ4v) is 2.52. The van der Waals surface area contributed by atoms with Crippen molar-refractivity contribution in [3.63, 3.8) is 0 Å². The number of aromatic carboxylic acids is 1. The molecule has 0 radical (unpaired) electrons. The Morgan fingerprint density at radius 2 is 1.52 bits per heavy atom. The first kappa shape index (κ1) is 13.1. The molecule has 0 saturated carbocycles. The van der Waals surface area contributed by atoms with Gasteiger partial charge < -0.3 is 5.11 Å². The average Bonchev–Trinajstić information content (AvgIpc) is 2.72. The van der Waals surface area contributed by atoms with E-state index in [-0.39, 0.29) is 11.3 Å². The highest BCUT2D eigenvalue weighted by atomic mass is 16.4. The molecule has 2 aromatic rings. The summed E-state index contributed by atoms with van der Waals surface area (Å²) in [7, 11) is 0. The summed E-state index contributed by atoms with van der Waals surface area (Å²) in [6.45, 7) is 1.67. The van der Waals surface area contributed by atoms with Gasteiger partial charge in [-0.1, -0.05) is 24.3 Å². The molecule has 0 aliphatic carbocycles. The number of hydrogen-bond donors (Lipinski definition) is 1. The summed E-state index contributed by atoms with van der Waals surface area (Å²) in [6.07, 6.45) is 0. The van der Waals surface area contributed by atoms with E-state index < -0.39 is 17.8 Å². The molecule has 1 aliphatic rings. The average molecular weight is 281 g/mol. The topological polar surface area (TPSA) is 74.7 Å². The number of carboxylic acids is 1. The van der Waals surface area contributed by atoms with Crippen LogP contribution in [0.5, 0.6) is 0 Å². The van der Waals surface area contributed by atoms with Crippen LogP contribution < -0.4 is 4.90 Å². The zero-order chi connectivity index (χ0) is 15.1. The quantitative estimate of drug-likeness (QED) is 0.858. The van der Waals surface area contributed by atoms with Crippen LogP contribution in [-0.2, 0) is 0 Å². The predicted octanol–water partition coefficient (Wildman–Crippen LogP) is 2.49. The van der Waals surface area contributed by atoms with E-state index in [1.54, 1.807) is 43.3 Å². The van der Waals surface area contributed by atoms with Gasteiger partial charge in [0, 0.05) is 0 Å². The molecular weight excluding hydrogens is 270 g/mol. The molecule has 2 amide bonds. The van der Waals surface area contributed by atoms with E-state index in [9.17, 15) is 19.5 Å². The number of benzene rings is 2. The summed E-state index contributed by atoms with van der Waals surface area (Å²) in [6, 6.07) is 11.1. The second kappa shape index (κ2) is 4.56. The van der Waals surface area contributed by atoms with Crippen molar-refractivity contribution in [1.82, 2.24) is 0 Å². The first-order valence-corrected chi connectivity index (χ1v) is 6.33. The maximum Gasteiger partial charge on any atom is 0.337 e. The molecule has 2 aromatic carbocycles. The number of rotatable bonds is 2. The minimum absolute atomic E-state index is 0.0653. The number of hydrogen-bond acceptors (Lipinski definition) is 3. The summed E-state index contributed by atoms with van der Waals surface area (Å²) < 4.78 is 0. The van der Waals surface area contributed by atoms with Crippen molar-refractivity contribution in [2.75, 3.05) is 4.90 Å². The number of anilines is 1. The Morgan fingerprint density at radius 1 is 0.952 bits per heavy atom. The smallest absolute Gasteiger partial charge is 0.337 e. The van der Waals surface area contributed by atoms with E-state index in [0.29, 0.717) is 16.7 Å². The third-order valence-corrected chi connectivity index (χ3v) is 3.49. The van der Waals surface area contributed by atoms with Crippen molar-refractivity contribution in [3.8, 4) is 0 Å². The van der Waals surface area contributed by atoms with Gasteiger partial charge >= 0.3 is 5.97 Å². The Kier molecular flexibility index (Phi) is 2.83. The molecule has 1 aliphatic heterocycles. The standard InChI is InChI=1S/C16H11NO4/c1-9-5-4-8-12(16(20)21)13(9)17-14(18)10-6-2-3-7-11(10)15(17)19/h2-8H,1H3,(H,20,21). The maximum absolute atomic E-state index is 12.4. The van der Waals surface area contributed by atoms with Gasteiger partial charge in [0.2, 0.25) is 0 Å². The molecule has 0 atom stereocenters. The van der Waals surface area contributed by atoms with E-state index >= 15 is 0 Å². The van der Waals surface area contributed by atoms with Crippen molar-refractivity contribution >= 4 is 23.5 Å². The minimum atomic E-state index is -1.18. The van der Waals surface area contributed by atoms with Gasteiger partial charge in [-0.2, -0.15) is 0 Å². The molecule has 1 heterocycles. The van der Waals surface area contributed by atoms with Crippen molar-refractivity contribution in [1.29, 1.82) is 0 Å². The summed E-state index contributed by atoms with van der Waals surface area (Å²) in [5, 5.41) is 9.29. The molecular formula is C16H11NO4. The Labute approximate surface area is 120 Å². The third kappa shape index (κ3) is 1.82. The van der Waals surface area contributed by atoms with Crippen molar-refractivity contribution in [3.05, 3.63) is 64.7 Å². The molecule has 0 spiro atoms. The van der Waals surface area contributed by atoms with Crippen LogP contribution in [0.25, 0.3) is 0 Å². The number of carboxylic acid groups (broad SMARTS) is 1. The molecule has 0 bridgehead atoms. The SMILES string of the molecule is Cc1cccc(C(=O)O)c1N1C(=O)c2ccccc2C1=O. The molecule has 3 rings (SSSR count). The molecule has 104 valence electrons. The van der Waals surface area contributed by atoms with Gasteiger partial charge in [0.05, 0.1) is 22.4 Å². The fraction of sp³-hybridized carbons (Fsp3) is 0.0625. The van der Waals surface area contributed by atoms with Crippen molar-refractivity contribution in [2.45, 2.75) is 6.92 Å². The molecule has 0 unspecified atom stereocenters. The first-order chi connectivity index (χ1) is 10.0. The lowest BCUT2D eigenvalue weighted by atomic mass is 10.1. The van der Waals surface area contributed by atoms with Gasteiger partial charge in [-0.25, -0.2) is 9.69 Å². The monoisotopic (exact) mass is 281 g/mol. The van der Waals surface area contributed by atoms with Crippen LogP contribution in [0.4, 0.5) is 5.69 Å². The Morgan fingerprint density at radius 3 is 2.05 bits per heavy atom. The van der Waals surface area contributed by atoms with Crippen LogP contribution in [-0.4, -0.2) is 22.9 Å². The van der Waals surface area contributed by atoms with Crippen LogP contribution in [0.3, 0.4) is 0 Å². The van der Waals surface area contributed by atoms with Crippen molar-refractivity contribution < 1.29 is 19.5 Å². The van der Waals surface area contributed by atoms with E-state index in [4.69, 9.17) is 0 Å². The number of amides is 2. The molecule has 21 heavy (non-hydrogen) atoms. The van der Waals surface area contributed by atoms with Gasteiger partial charge in [-0.15, -0.1) is 0 Å². The fourth-order valence-electron chi connectivity index (χ4n) is 2.52. The normalized spacial score (nSPS) is 13.5. The van der Waals surface area contributed by atoms with Gasteiger partial charge in [0.15, 0.2) is 0 Å². The Bertz CT molecular complexity index is 760. The highest BCUT2D eigenvalue weighted by Gasteiger charge is 2.38. The van der Waals surface area contributed by atoms with E-state index in [1.807, 2.05) is 0 Å². The molecule has 5 heteroatoms. The van der Waals surface area contributed by atoms with E-state index in [2.05, 4.69) is 0 Å². The number of para-hydroxylation sites is 1. The van der Waals surface area contributed by atoms with Crippen molar-refractivity contribution in [2.24, 2.45) is 0 Å². The van der Waals surface area contributed by atoms with Crippen LogP contribution in [0.1, 0.15) is 36.6 Å². The van der Waals surface area contributed by atoms with Crippen LogP contribution >= 0.6 is 0 Å². The molecule has 5 nitrogen and oxygen atoms in total. The van der Waals surface area contributed by atoms with E-state index in [0.717, 1.165) is 4.90 Å². The highest BCUT2D eigenvalue weighted by molar-refractivity contribution is 6.35. The Balaban J connectivity index is 2.23. The highest BCUT2D eigenvalue weighted by Crippen LogP contribution is 2.33. The minimum Gasteiger partial charge on any atom is -0.478 e. The summed E-state index contributed by atoms with van der Waals surface area (Å²) in [4.78, 5) is 37.2. The number of fused-ring (bicyclic) bond motifs is 1. The van der Waals surface area contributed by atoms with Gasteiger partial charge in [0.1, 0.15) is 0 Å². The lowest BCUT2D eigenvalue weighted by Crippen LogP contribution is -2.31. The predicted molar refractivity (Wildman–Crippen MR) is 75.7 cm³/mol. The lowest BCUT2D eigenvalue weighted by molar-refractivity contribution is 0.0697. The number of nitrogens with zero attached hydrogens (tertiary/aromatic N) is 1. The molecule has 0 saturated heterocycles. The van der Waals surface area contributed by atoms with Crippen LogP contribution in [0.15, 0.2) is 42.5 Å². The van der Waals surface area contributed by atoms with Gasteiger partial charge in [0.25, 0.3) is 11.8 Å². The zero-order valence-corrected chi connectivity index (χ0v) is 11.2. The maximum atomic E-state index is 12.4. The lowest BCUT2D eigenvalue weighted by Gasteiger charge is -2.18. The zero-order valence-electron chi connectivity index (χ0n) is 11.2. The van der Waals surface area contributed by atoms with Crippen LogP contribution in [0.2, 0.25) is 0 Å². The molecule has 1 N–H and O–H groups in total. The molecule has 0 fully saturated rings. The number of carbonyl (C=O) groups is 3. The van der Waals surface area contributed by atoms with Gasteiger partial charge in [-0.05, 0) is 30.7 Å². The summed E-state index contributed by atoms with van der Waals surface area (Å²) in [5.74, 6) is -2.16. The summed E-state index contributed by atoms with van der Waals surface area (Å²) in [5.41, 5.74) is 1.22. The van der Waals surface area contributed by atoms with Crippen LogP contribution in [0, 0.1) is 6.92 Å². The first-order valence-electron chi connectivity index (χ1n) is 6.33. The largest absolute Gasteiger partial charge is 0.478 e. The Hall–Kier alpha value is -2.95. The number of aryl methyl sites for hydroxylation is 1. The van der Waals surface area contributed by atoms with E-state index in [1.165, 1.54) is 6.07 Å². The third-order valence-electron chi connectivity index (χ3n) is 3.49. The van der Waals surface area contributed by atoms with Gasteiger partial charge in [-0.3, -0.25) is 9.59 Å². The summed E-state index contributed by atoms with van der Waals surface area (Å²) >= 11 is 0. The molecule has 0 aromatic heterocycles. The number of carbonyl (C=O) groups excluding carboxylic acids is 2.